The van der Waals surface area contributed by atoms with E-state index in [9.17, 15) is 9.59 Å². The predicted molar refractivity (Wildman–Crippen MR) is 106 cm³/mol. The molecule has 0 aliphatic carbocycles. The number of rotatable bonds is 6. The van der Waals surface area contributed by atoms with E-state index in [1.165, 1.54) is 12.0 Å². The molecule has 2 heterocycles. The fraction of sp³-hybridized carbons (Fsp3) is 0.167. The number of nitrogens with one attached hydrogen (secondary N) is 1. The minimum Gasteiger partial charge on any atom is -0.465 e. The van der Waals surface area contributed by atoms with Crippen LogP contribution in [-0.4, -0.2) is 24.0 Å². The van der Waals surface area contributed by atoms with Crippen LogP contribution in [0.25, 0.3) is 0 Å². The van der Waals surface area contributed by atoms with Crippen LogP contribution in [0, 0.1) is 6.92 Å². The highest BCUT2D eigenvalue weighted by Crippen LogP contribution is 2.29. The summed E-state index contributed by atoms with van der Waals surface area (Å²) in [6.07, 6.45) is 0. The van der Waals surface area contributed by atoms with Crippen molar-refractivity contribution >= 4 is 51.4 Å². The maximum Gasteiger partial charge on any atom is 0.350 e. The van der Waals surface area contributed by atoms with Crippen molar-refractivity contribution in [3.8, 4) is 0 Å². The molecule has 0 aliphatic heterocycles. The molecule has 8 heteroatoms. The van der Waals surface area contributed by atoms with Gasteiger partial charge in [-0.3, -0.25) is 10.1 Å². The third-order valence-corrected chi connectivity index (χ3v) is 6.70. The molecule has 0 bridgehead atoms. The quantitative estimate of drug-likeness (QED) is 0.470. The van der Waals surface area contributed by atoms with Crippen molar-refractivity contribution in [3.63, 3.8) is 0 Å². The summed E-state index contributed by atoms with van der Waals surface area (Å²) in [7, 11) is 1.32. The van der Waals surface area contributed by atoms with E-state index in [0.29, 0.717) is 21.3 Å². The predicted octanol–water partition coefficient (Wildman–Crippen LogP) is 4.84. The largest absolute Gasteiger partial charge is 0.465 e. The number of thioether (sulfide) groups is 1. The van der Waals surface area contributed by atoms with E-state index in [2.05, 4.69) is 16.4 Å². The number of thiazole rings is 1. The lowest BCUT2D eigenvalue weighted by Gasteiger charge is -2.08. The van der Waals surface area contributed by atoms with Crippen LogP contribution in [0.2, 0.25) is 0 Å². The SMILES string of the molecule is COC(=O)c1sc(NC(=O)c2ccccc2SCc2cccs2)nc1C. The molecule has 0 saturated carbocycles. The van der Waals surface area contributed by atoms with Gasteiger partial charge in [0.1, 0.15) is 4.88 Å². The van der Waals surface area contributed by atoms with E-state index in [-0.39, 0.29) is 5.91 Å². The van der Waals surface area contributed by atoms with Crippen molar-refractivity contribution in [3.05, 3.63) is 62.8 Å². The van der Waals surface area contributed by atoms with Crippen molar-refractivity contribution in [1.82, 2.24) is 4.98 Å². The lowest BCUT2D eigenvalue weighted by molar-refractivity contribution is 0.0605. The lowest BCUT2D eigenvalue weighted by Crippen LogP contribution is -2.12. The molecule has 3 aromatic rings. The van der Waals surface area contributed by atoms with Crippen LogP contribution >= 0.6 is 34.4 Å². The molecule has 26 heavy (non-hydrogen) atoms. The van der Waals surface area contributed by atoms with E-state index >= 15 is 0 Å². The standard InChI is InChI=1S/C18H16N2O3S3/c1-11-15(17(22)23-2)26-18(19-11)20-16(21)13-7-3-4-8-14(13)25-10-12-6-5-9-24-12/h3-9H,10H2,1-2H3,(H,19,20,21). The van der Waals surface area contributed by atoms with Gasteiger partial charge in [-0.15, -0.1) is 23.1 Å². The highest BCUT2D eigenvalue weighted by Gasteiger charge is 2.18. The third-order valence-electron chi connectivity index (χ3n) is 3.47. The first kappa shape index (κ1) is 18.6. The van der Waals surface area contributed by atoms with Crippen molar-refractivity contribution in [2.24, 2.45) is 0 Å². The second kappa shape index (κ2) is 8.48. The minimum absolute atomic E-state index is 0.246. The number of anilines is 1. The number of hydrogen-bond acceptors (Lipinski definition) is 7. The number of methoxy groups -OCH3 is 1. The summed E-state index contributed by atoms with van der Waals surface area (Å²) in [6.45, 7) is 1.71. The Bertz CT molecular complexity index is 920. The molecule has 0 spiro atoms. The second-order valence-corrected chi connectivity index (χ2v) is 8.29. The summed E-state index contributed by atoms with van der Waals surface area (Å²) in [5, 5.41) is 5.20. The van der Waals surface area contributed by atoms with Crippen LogP contribution in [0.3, 0.4) is 0 Å². The maximum atomic E-state index is 12.7. The highest BCUT2D eigenvalue weighted by atomic mass is 32.2. The summed E-state index contributed by atoms with van der Waals surface area (Å²) in [4.78, 5) is 31.2. The monoisotopic (exact) mass is 404 g/mol. The first-order valence-electron chi connectivity index (χ1n) is 7.69. The summed E-state index contributed by atoms with van der Waals surface area (Å²) >= 11 is 4.42. The van der Waals surface area contributed by atoms with Crippen molar-refractivity contribution in [2.45, 2.75) is 17.6 Å². The number of benzene rings is 1. The van der Waals surface area contributed by atoms with Gasteiger partial charge in [0.05, 0.1) is 18.4 Å². The molecule has 5 nitrogen and oxygen atoms in total. The van der Waals surface area contributed by atoms with Crippen molar-refractivity contribution < 1.29 is 14.3 Å². The number of thiophene rings is 1. The van der Waals surface area contributed by atoms with Gasteiger partial charge < -0.3 is 4.74 Å². The molecular weight excluding hydrogens is 388 g/mol. The number of ether oxygens (including phenoxy) is 1. The van der Waals surface area contributed by atoms with Gasteiger partial charge in [0.2, 0.25) is 0 Å². The number of aryl methyl sites for hydroxylation is 1. The number of carbonyl (C=O) groups excluding carboxylic acids is 2. The first-order valence-corrected chi connectivity index (χ1v) is 10.4. The summed E-state index contributed by atoms with van der Waals surface area (Å²) in [5.74, 6) is 0.113. The normalized spacial score (nSPS) is 10.5. The number of amides is 1. The third kappa shape index (κ3) is 4.32. The number of carbonyl (C=O) groups is 2. The van der Waals surface area contributed by atoms with Gasteiger partial charge in [-0.1, -0.05) is 29.5 Å². The highest BCUT2D eigenvalue weighted by molar-refractivity contribution is 7.98. The van der Waals surface area contributed by atoms with Crippen LogP contribution < -0.4 is 5.32 Å². The van der Waals surface area contributed by atoms with E-state index in [1.54, 1.807) is 36.1 Å². The number of nitrogens with zero attached hydrogens (tertiary/aromatic N) is 1. The summed E-state index contributed by atoms with van der Waals surface area (Å²) in [5.41, 5.74) is 1.12. The van der Waals surface area contributed by atoms with Crippen LogP contribution in [0.1, 0.15) is 30.6 Å². The Hall–Kier alpha value is -2.16. The van der Waals surface area contributed by atoms with Gasteiger partial charge in [0, 0.05) is 15.5 Å². The molecule has 0 atom stereocenters. The van der Waals surface area contributed by atoms with Gasteiger partial charge in [0.15, 0.2) is 5.13 Å². The van der Waals surface area contributed by atoms with E-state index in [4.69, 9.17) is 4.74 Å². The number of hydrogen-bond donors (Lipinski definition) is 1. The molecule has 2 aromatic heterocycles. The van der Waals surface area contributed by atoms with Gasteiger partial charge in [-0.25, -0.2) is 9.78 Å². The summed E-state index contributed by atoms with van der Waals surface area (Å²) in [6, 6.07) is 11.6. The number of esters is 1. The second-order valence-electron chi connectivity index (χ2n) is 5.24. The van der Waals surface area contributed by atoms with Crippen LogP contribution in [0.5, 0.6) is 0 Å². The molecule has 3 rings (SSSR count). The van der Waals surface area contributed by atoms with Gasteiger partial charge >= 0.3 is 5.97 Å². The van der Waals surface area contributed by atoms with E-state index in [1.807, 2.05) is 29.6 Å². The minimum atomic E-state index is -0.451. The molecule has 0 aliphatic rings. The number of aromatic nitrogens is 1. The Balaban J connectivity index is 1.75. The van der Waals surface area contributed by atoms with Crippen LogP contribution in [0.15, 0.2) is 46.7 Å². The fourth-order valence-corrected chi connectivity index (χ4v) is 4.92. The van der Waals surface area contributed by atoms with Crippen molar-refractivity contribution in [2.75, 3.05) is 12.4 Å². The Kier molecular flexibility index (Phi) is 6.08. The van der Waals surface area contributed by atoms with Gasteiger partial charge in [-0.05, 0) is 30.5 Å². The van der Waals surface area contributed by atoms with Crippen LogP contribution in [0.4, 0.5) is 5.13 Å². The molecule has 1 aromatic carbocycles. The zero-order chi connectivity index (χ0) is 18.5. The molecule has 0 fully saturated rings. The fourth-order valence-electron chi connectivity index (χ4n) is 2.22. The van der Waals surface area contributed by atoms with Crippen LogP contribution in [-0.2, 0) is 10.5 Å². The Labute approximate surface area is 163 Å². The Morgan fingerprint density at radius 2 is 2.04 bits per heavy atom. The zero-order valence-electron chi connectivity index (χ0n) is 14.1. The zero-order valence-corrected chi connectivity index (χ0v) is 16.6. The summed E-state index contributed by atoms with van der Waals surface area (Å²) < 4.78 is 4.72. The maximum absolute atomic E-state index is 12.7. The molecule has 1 N–H and O–H groups in total. The van der Waals surface area contributed by atoms with Gasteiger partial charge in [0.25, 0.3) is 5.91 Å². The Morgan fingerprint density at radius 3 is 2.77 bits per heavy atom. The average molecular weight is 405 g/mol. The molecule has 0 radical (unpaired) electrons. The molecule has 0 unspecified atom stereocenters. The lowest BCUT2D eigenvalue weighted by atomic mass is 10.2. The average Bonchev–Trinajstić information content (AvgIpc) is 3.29. The van der Waals surface area contributed by atoms with Crippen molar-refractivity contribution in [1.29, 1.82) is 0 Å². The van der Waals surface area contributed by atoms with E-state index < -0.39 is 5.97 Å². The molecule has 0 saturated heterocycles. The molecule has 134 valence electrons. The first-order chi connectivity index (χ1) is 12.6. The van der Waals surface area contributed by atoms with E-state index in [0.717, 1.165) is 22.0 Å². The van der Waals surface area contributed by atoms with Gasteiger partial charge in [-0.2, -0.15) is 0 Å². The Morgan fingerprint density at radius 1 is 1.23 bits per heavy atom. The topological polar surface area (TPSA) is 68.3 Å². The molecule has 1 amide bonds. The smallest absolute Gasteiger partial charge is 0.350 e. The molecular formula is C18H16N2O3S3.